The van der Waals surface area contributed by atoms with Gasteiger partial charge in [-0.25, -0.2) is 4.79 Å². The van der Waals surface area contributed by atoms with Gasteiger partial charge in [0.05, 0.1) is 0 Å². The third kappa shape index (κ3) is 2.14. The number of likely N-dealkylation sites (tertiary alicyclic amines) is 1. The molecule has 0 radical (unpaired) electrons. The van der Waals surface area contributed by atoms with E-state index in [4.69, 9.17) is 9.47 Å². The number of esters is 1. The Morgan fingerprint density at radius 1 is 1.20 bits per heavy atom. The second-order valence-electron chi connectivity index (χ2n) is 8.84. The van der Waals surface area contributed by atoms with Crippen molar-refractivity contribution in [2.45, 2.75) is 36.8 Å². The summed E-state index contributed by atoms with van der Waals surface area (Å²) in [6.45, 7) is 0.927. The number of para-hydroxylation sites is 1. The fraction of sp³-hybridized carbons (Fsp3) is 0.375. The molecular formula is C24H23NO5. The highest BCUT2D eigenvalue weighted by molar-refractivity contribution is 5.93. The van der Waals surface area contributed by atoms with Gasteiger partial charge < -0.3 is 24.6 Å². The van der Waals surface area contributed by atoms with Crippen molar-refractivity contribution in [3.63, 3.8) is 0 Å². The van der Waals surface area contributed by atoms with Crippen LogP contribution in [0, 0.1) is 5.92 Å². The van der Waals surface area contributed by atoms with E-state index in [2.05, 4.69) is 11.9 Å². The molecule has 1 saturated heterocycles. The number of hydrogen-bond donors (Lipinski definition) is 2. The molecule has 1 fully saturated rings. The molecule has 2 aliphatic heterocycles. The number of ether oxygens (including phenoxy) is 2. The lowest BCUT2D eigenvalue weighted by molar-refractivity contribution is -0.0272. The molecule has 2 aromatic carbocycles. The number of phenols is 2. The maximum atomic E-state index is 12.8. The van der Waals surface area contributed by atoms with E-state index >= 15 is 0 Å². The predicted molar refractivity (Wildman–Crippen MR) is 109 cm³/mol. The van der Waals surface area contributed by atoms with Crippen molar-refractivity contribution < 1.29 is 24.5 Å². The Bertz CT molecular complexity index is 1110. The standard InChI is InChI=1S/C24H23NO5/c1-25-11-10-24-15-7-9-19(29-23(28)14-4-2-3-5-17(14)26)22(24)30-21-18(27)8-6-13(20(21)24)12-16(15)25/h2-6,8-9,15-16,22,26-27H,7,10-12H2,1H3/t15?,16-,22?,24+/m1/s1. The lowest BCUT2D eigenvalue weighted by Crippen LogP contribution is -2.63. The number of benzene rings is 2. The minimum Gasteiger partial charge on any atom is -0.507 e. The van der Waals surface area contributed by atoms with E-state index in [1.54, 1.807) is 24.3 Å². The zero-order valence-corrected chi connectivity index (χ0v) is 16.7. The molecule has 154 valence electrons. The molecule has 4 atom stereocenters. The van der Waals surface area contributed by atoms with Gasteiger partial charge in [0.25, 0.3) is 0 Å². The maximum Gasteiger partial charge on any atom is 0.347 e. The number of piperidine rings is 1. The Kier molecular flexibility index (Phi) is 3.58. The summed E-state index contributed by atoms with van der Waals surface area (Å²) in [5.74, 6) is 0.786. The quantitative estimate of drug-likeness (QED) is 0.748. The molecule has 30 heavy (non-hydrogen) atoms. The highest BCUT2D eigenvalue weighted by Crippen LogP contribution is 2.63. The molecule has 0 amide bonds. The van der Waals surface area contributed by atoms with Gasteiger partial charge in [-0.05, 0) is 68.6 Å². The van der Waals surface area contributed by atoms with E-state index in [0.29, 0.717) is 23.5 Å². The predicted octanol–water partition coefficient (Wildman–Crippen LogP) is 3.12. The van der Waals surface area contributed by atoms with Crippen LogP contribution in [0.2, 0.25) is 0 Å². The summed E-state index contributed by atoms with van der Waals surface area (Å²) >= 11 is 0. The average Bonchev–Trinajstić information content (AvgIpc) is 3.09. The molecule has 4 aliphatic rings. The first-order chi connectivity index (χ1) is 14.5. The third-order valence-electron chi connectivity index (χ3n) is 7.56. The van der Waals surface area contributed by atoms with E-state index in [-0.39, 0.29) is 22.5 Å². The van der Waals surface area contributed by atoms with Crippen molar-refractivity contribution in [2.75, 3.05) is 13.6 Å². The van der Waals surface area contributed by atoms with Crippen LogP contribution >= 0.6 is 0 Å². The Morgan fingerprint density at radius 3 is 2.87 bits per heavy atom. The summed E-state index contributed by atoms with van der Waals surface area (Å²) < 4.78 is 12.2. The van der Waals surface area contributed by atoms with Crippen molar-refractivity contribution in [2.24, 2.45) is 5.92 Å². The van der Waals surface area contributed by atoms with Crippen LogP contribution < -0.4 is 4.74 Å². The molecule has 6 nitrogen and oxygen atoms in total. The van der Waals surface area contributed by atoms with Crippen LogP contribution in [0.1, 0.15) is 34.3 Å². The molecule has 0 saturated carbocycles. The number of rotatable bonds is 2. The van der Waals surface area contributed by atoms with Crippen LogP contribution in [-0.2, 0) is 16.6 Å². The van der Waals surface area contributed by atoms with Crippen molar-refractivity contribution in [3.8, 4) is 17.2 Å². The smallest absolute Gasteiger partial charge is 0.347 e. The van der Waals surface area contributed by atoms with Gasteiger partial charge in [-0.3, -0.25) is 0 Å². The number of hydrogen-bond acceptors (Lipinski definition) is 6. The second-order valence-corrected chi connectivity index (χ2v) is 8.84. The molecule has 0 aromatic heterocycles. The average molecular weight is 405 g/mol. The van der Waals surface area contributed by atoms with E-state index < -0.39 is 12.1 Å². The normalized spacial score (nSPS) is 30.8. The number of carbonyl (C=O) groups is 1. The summed E-state index contributed by atoms with van der Waals surface area (Å²) in [4.78, 5) is 15.2. The van der Waals surface area contributed by atoms with E-state index in [1.165, 1.54) is 11.6 Å². The Morgan fingerprint density at radius 2 is 2.03 bits per heavy atom. The summed E-state index contributed by atoms with van der Waals surface area (Å²) in [6, 6.07) is 10.5. The first-order valence-corrected chi connectivity index (χ1v) is 10.4. The van der Waals surface area contributed by atoms with Gasteiger partial charge in [0.2, 0.25) is 0 Å². The van der Waals surface area contributed by atoms with E-state index in [0.717, 1.165) is 31.4 Å². The molecule has 2 bridgehead atoms. The molecule has 1 spiro atoms. The van der Waals surface area contributed by atoms with Gasteiger partial charge in [0.1, 0.15) is 17.1 Å². The summed E-state index contributed by atoms with van der Waals surface area (Å²) in [7, 11) is 2.17. The number of phenolic OH excluding ortho intramolecular Hbond substituents is 2. The monoisotopic (exact) mass is 405 g/mol. The number of carbonyl (C=O) groups excluding carboxylic acids is 1. The molecular weight excluding hydrogens is 382 g/mol. The topological polar surface area (TPSA) is 79.2 Å². The molecule has 2 aromatic rings. The van der Waals surface area contributed by atoms with Gasteiger partial charge in [0, 0.05) is 17.0 Å². The van der Waals surface area contributed by atoms with Crippen LogP contribution in [-0.4, -0.2) is 46.8 Å². The fourth-order valence-corrected chi connectivity index (χ4v) is 6.22. The van der Waals surface area contributed by atoms with Crippen molar-refractivity contribution in [1.82, 2.24) is 4.90 Å². The summed E-state index contributed by atoms with van der Waals surface area (Å²) in [5, 5.41) is 20.6. The van der Waals surface area contributed by atoms with Gasteiger partial charge in [-0.1, -0.05) is 18.2 Å². The van der Waals surface area contributed by atoms with Crippen molar-refractivity contribution in [3.05, 3.63) is 64.9 Å². The van der Waals surface area contributed by atoms with E-state index in [9.17, 15) is 15.0 Å². The van der Waals surface area contributed by atoms with Gasteiger partial charge in [-0.15, -0.1) is 0 Å². The Balaban J connectivity index is 1.45. The minimum atomic E-state index is -0.599. The zero-order chi connectivity index (χ0) is 20.6. The lowest BCUT2D eigenvalue weighted by atomic mass is 9.53. The van der Waals surface area contributed by atoms with Crippen molar-refractivity contribution in [1.29, 1.82) is 0 Å². The molecule has 2 N–H and O–H groups in total. The number of aromatic hydroxyl groups is 2. The van der Waals surface area contributed by atoms with Crippen LogP contribution in [0.3, 0.4) is 0 Å². The largest absolute Gasteiger partial charge is 0.507 e. The van der Waals surface area contributed by atoms with Gasteiger partial charge in [0.15, 0.2) is 17.6 Å². The number of nitrogens with zero attached hydrogens (tertiary/aromatic N) is 1. The van der Waals surface area contributed by atoms with Gasteiger partial charge in [-0.2, -0.15) is 0 Å². The van der Waals surface area contributed by atoms with E-state index in [1.807, 2.05) is 12.1 Å². The number of likely N-dealkylation sites (N-methyl/N-ethyl adjacent to an activating group) is 1. The van der Waals surface area contributed by atoms with Crippen LogP contribution in [0.25, 0.3) is 0 Å². The molecule has 6 heteroatoms. The SMILES string of the molecule is CN1CC[C@]23c4c5ccc(O)c4OC2C(OC(=O)c2ccccc2O)=CCC3[C@H]1C5. The minimum absolute atomic E-state index is 0.109. The van der Waals surface area contributed by atoms with Crippen LogP contribution in [0.5, 0.6) is 17.2 Å². The summed E-state index contributed by atoms with van der Waals surface area (Å²) in [6.07, 6.45) is 4.11. The molecule has 2 unspecified atom stereocenters. The first-order valence-electron chi connectivity index (χ1n) is 10.4. The van der Waals surface area contributed by atoms with Gasteiger partial charge >= 0.3 is 5.97 Å². The number of allylic oxidation sites excluding steroid dienone is 1. The highest BCUT2D eigenvalue weighted by atomic mass is 16.6. The second kappa shape index (κ2) is 6.01. The lowest BCUT2D eigenvalue weighted by Gasteiger charge is -2.56. The van der Waals surface area contributed by atoms with Crippen LogP contribution in [0.15, 0.2) is 48.2 Å². The molecule has 2 aliphatic carbocycles. The molecule has 2 heterocycles. The van der Waals surface area contributed by atoms with Crippen LogP contribution in [0.4, 0.5) is 0 Å². The molecule has 6 rings (SSSR count). The maximum absolute atomic E-state index is 12.8. The third-order valence-corrected chi connectivity index (χ3v) is 7.56. The Labute approximate surface area is 174 Å². The summed E-state index contributed by atoms with van der Waals surface area (Å²) in [5.41, 5.74) is 2.14. The Hall–Kier alpha value is -2.99. The zero-order valence-electron chi connectivity index (χ0n) is 16.7. The highest BCUT2D eigenvalue weighted by Gasteiger charge is 2.64. The fourth-order valence-electron chi connectivity index (χ4n) is 6.22. The first kappa shape index (κ1) is 17.8. The van der Waals surface area contributed by atoms with Crippen molar-refractivity contribution >= 4 is 5.97 Å².